The van der Waals surface area contributed by atoms with Crippen molar-refractivity contribution in [1.29, 1.82) is 0 Å². The van der Waals surface area contributed by atoms with Gasteiger partial charge in [-0.05, 0) is 62.7 Å². The largest absolute Gasteiger partial charge is 0.491 e. The summed E-state index contributed by atoms with van der Waals surface area (Å²) < 4.78 is 40.6. The summed E-state index contributed by atoms with van der Waals surface area (Å²) in [5, 5.41) is 13.5. The van der Waals surface area contributed by atoms with Crippen molar-refractivity contribution < 1.29 is 38.0 Å². The monoisotopic (exact) mass is 798 g/mol. The van der Waals surface area contributed by atoms with E-state index in [9.17, 15) is 4.79 Å². The Balaban J connectivity index is 0.982. The van der Waals surface area contributed by atoms with E-state index in [1.165, 1.54) is 4.88 Å². The fraction of sp³-hybridized carbons (Fsp3) is 0.487. The minimum absolute atomic E-state index is 0.0771. The van der Waals surface area contributed by atoms with Crippen LogP contribution in [-0.2, 0) is 33.2 Å². The third kappa shape index (κ3) is 12.9. The van der Waals surface area contributed by atoms with E-state index in [1.54, 1.807) is 23.5 Å². The molecule has 0 fully saturated rings. The van der Waals surface area contributed by atoms with Gasteiger partial charge in [-0.2, -0.15) is 0 Å². The van der Waals surface area contributed by atoms with Crippen LogP contribution in [0.5, 0.6) is 5.75 Å². The van der Waals surface area contributed by atoms with E-state index in [4.69, 9.17) is 55.5 Å². The molecule has 1 aliphatic heterocycles. The average Bonchev–Trinajstić information content (AvgIpc) is 3.66. The van der Waals surface area contributed by atoms with Gasteiger partial charge in [0.1, 0.15) is 29.2 Å². The number of hydrogen-bond donors (Lipinski definition) is 2. The van der Waals surface area contributed by atoms with Crippen molar-refractivity contribution in [3.05, 3.63) is 86.8 Å². The highest BCUT2D eigenvalue weighted by atomic mass is 35.5. The van der Waals surface area contributed by atoms with Gasteiger partial charge in [0.05, 0.1) is 91.4 Å². The van der Waals surface area contributed by atoms with Crippen molar-refractivity contribution in [3.63, 3.8) is 0 Å². The molecule has 2 aromatic heterocycles. The number of nitrogens with two attached hydrogens (primary N) is 1. The molecule has 1 unspecified atom stereocenters. The molecule has 4 aromatic rings. The summed E-state index contributed by atoms with van der Waals surface area (Å²) in [6.45, 7) is 12.9. The second-order valence-corrected chi connectivity index (χ2v) is 14.1. The summed E-state index contributed by atoms with van der Waals surface area (Å²) in [5.41, 5.74) is 9.87. The molecule has 0 saturated heterocycles. The standard InChI is InChI=1S/C39H51ClN6O8S/c1-27-28(2)55-39-36(27)37(30-4-6-31(40)7-5-30)43-34(38-45-44-29(3)46(38)39)26-35(47)42-32-8-10-33(11-9-32)54-25-24-53-23-22-52-21-20-51-19-18-50-17-16-49-15-14-48-13-12-41/h4-11,34H,12-26,41H2,1-3H3,(H,42,47). The highest BCUT2D eigenvalue weighted by molar-refractivity contribution is 7.15. The van der Waals surface area contributed by atoms with Crippen LogP contribution in [0, 0.1) is 20.8 Å². The molecule has 0 radical (unpaired) electrons. The maximum Gasteiger partial charge on any atom is 0.227 e. The smallest absolute Gasteiger partial charge is 0.227 e. The number of aryl methyl sites for hydroxylation is 2. The third-order valence-corrected chi connectivity index (χ3v) is 9.94. The van der Waals surface area contributed by atoms with Gasteiger partial charge >= 0.3 is 0 Å². The van der Waals surface area contributed by atoms with Gasteiger partial charge in [-0.25, -0.2) is 0 Å². The van der Waals surface area contributed by atoms with Crippen LogP contribution in [-0.4, -0.2) is 119 Å². The number of carbonyl (C=O) groups excluding carboxylic acids is 1. The molecule has 1 aliphatic rings. The number of hydrogen-bond acceptors (Lipinski definition) is 13. The van der Waals surface area contributed by atoms with Crippen LogP contribution in [0.15, 0.2) is 53.5 Å². The number of benzene rings is 2. The molecule has 3 heterocycles. The SMILES string of the molecule is Cc1sc2c(c1C)C(c1ccc(Cl)cc1)=NC(CC(=O)Nc1ccc(OCCOCCOCCOCCOCCOCCOCCN)cc1)c1nnc(C)n1-2. The lowest BCUT2D eigenvalue weighted by atomic mass is 9.99. The van der Waals surface area contributed by atoms with E-state index >= 15 is 0 Å². The normalized spacial score (nSPS) is 13.6. The highest BCUT2D eigenvalue weighted by Gasteiger charge is 2.32. The van der Waals surface area contributed by atoms with Crippen molar-refractivity contribution in [3.8, 4) is 10.8 Å². The van der Waals surface area contributed by atoms with Crippen LogP contribution in [0.4, 0.5) is 5.69 Å². The van der Waals surface area contributed by atoms with Gasteiger partial charge in [0.15, 0.2) is 5.82 Å². The molecule has 0 spiro atoms. The van der Waals surface area contributed by atoms with E-state index < -0.39 is 6.04 Å². The molecule has 0 aliphatic carbocycles. The molecule has 55 heavy (non-hydrogen) atoms. The Labute approximate surface area is 331 Å². The van der Waals surface area contributed by atoms with Crippen LogP contribution in [0.25, 0.3) is 5.00 Å². The Morgan fingerprint density at radius 2 is 1.31 bits per heavy atom. The number of halogens is 1. The molecule has 2 aromatic carbocycles. The van der Waals surface area contributed by atoms with E-state index in [0.29, 0.717) is 115 Å². The van der Waals surface area contributed by atoms with Gasteiger partial charge in [-0.15, -0.1) is 21.5 Å². The first-order chi connectivity index (χ1) is 26.9. The minimum atomic E-state index is -0.562. The number of carbonyl (C=O) groups is 1. The van der Waals surface area contributed by atoms with E-state index in [-0.39, 0.29) is 12.3 Å². The molecule has 0 saturated carbocycles. The van der Waals surface area contributed by atoms with Gasteiger partial charge in [-0.3, -0.25) is 14.4 Å². The van der Waals surface area contributed by atoms with Crippen LogP contribution in [0.1, 0.15) is 45.7 Å². The Morgan fingerprint density at radius 3 is 1.87 bits per heavy atom. The minimum Gasteiger partial charge on any atom is -0.491 e. The lowest BCUT2D eigenvalue weighted by Crippen LogP contribution is -2.17. The second kappa shape index (κ2) is 22.7. The summed E-state index contributed by atoms with van der Waals surface area (Å²) in [6.07, 6.45) is 0.0771. The molecule has 5 rings (SSSR count). The number of nitrogens with zero attached hydrogens (tertiary/aromatic N) is 4. The predicted molar refractivity (Wildman–Crippen MR) is 212 cm³/mol. The van der Waals surface area contributed by atoms with E-state index in [1.807, 2.05) is 47.9 Å². The van der Waals surface area contributed by atoms with Crippen molar-refractivity contribution in [2.24, 2.45) is 10.7 Å². The highest BCUT2D eigenvalue weighted by Crippen LogP contribution is 2.39. The maximum atomic E-state index is 13.4. The lowest BCUT2D eigenvalue weighted by molar-refractivity contribution is -0.116. The molecule has 14 nitrogen and oxygen atoms in total. The number of thiophene rings is 1. The number of rotatable bonds is 25. The van der Waals surface area contributed by atoms with Gasteiger partial charge in [0.25, 0.3) is 0 Å². The zero-order valence-electron chi connectivity index (χ0n) is 31.7. The van der Waals surface area contributed by atoms with Crippen LogP contribution in [0.3, 0.4) is 0 Å². The zero-order valence-corrected chi connectivity index (χ0v) is 33.3. The summed E-state index contributed by atoms with van der Waals surface area (Å²) in [6, 6.07) is 14.3. The first-order valence-electron chi connectivity index (χ1n) is 18.4. The zero-order chi connectivity index (χ0) is 38.8. The Morgan fingerprint density at radius 1 is 0.764 bits per heavy atom. The van der Waals surface area contributed by atoms with Gasteiger partial charge in [0.2, 0.25) is 5.91 Å². The number of aliphatic imine (C=N–C) groups is 1. The summed E-state index contributed by atoms with van der Waals surface area (Å²) >= 11 is 7.90. The van der Waals surface area contributed by atoms with Crippen molar-refractivity contribution in [2.75, 3.05) is 97.8 Å². The number of nitrogens with one attached hydrogen (secondary N) is 1. The molecule has 0 bridgehead atoms. The van der Waals surface area contributed by atoms with Crippen LogP contribution >= 0.6 is 22.9 Å². The topological polar surface area (TPSA) is 163 Å². The molecular weight excluding hydrogens is 748 g/mol. The number of anilines is 1. The average molecular weight is 799 g/mol. The summed E-state index contributed by atoms with van der Waals surface area (Å²) in [5.74, 6) is 1.84. The first kappa shape index (κ1) is 42.4. The third-order valence-electron chi connectivity index (χ3n) is 8.49. The van der Waals surface area contributed by atoms with Crippen LogP contribution in [0.2, 0.25) is 5.02 Å². The maximum absolute atomic E-state index is 13.4. The predicted octanol–water partition coefficient (Wildman–Crippen LogP) is 5.27. The number of amides is 1. The fourth-order valence-corrected chi connectivity index (χ4v) is 7.00. The number of fused-ring (bicyclic) bond motifs is 3. The second-order valence-electron chi connectivity index (χ2n) is 12.5. The van der Waals surface area contributed by atoms with Crippen molar-refractivity contribution in [2.45, 2.75) is 33.2 Å². The lowest BCUT2D eigenvalue weighted by Gasteiger charge is -2.13. The molecule has 1 amide bonds. The molecule has 298 valence electrons. The molecular formula is C39H51ClN6O8S. The van der Waals surface area contributed by atoms with Gasteiger partial charge < -0.3 is 44.2 Å². The van der Waals surface area contributed by atoms with Crippen molar-refractivity contribution >= 4 is 40.2 Å². The van der Waals surface area contributed by atoms with Crippen molar-refractivity contribution in [1.82, 2.24) is 14.8 Å². The Bertz CT molecular complexity index is 1800. The molecule has 1 atom stereocenters. The number of ether oxygens (including phenoxy) is 7. The van der Waals surface area contributed by atoms with E-state index in [0.717, 1.165) is 33.2 Å². The summed E-state index contributed by atoms with van der Waals surface area (Å²) in [4.78, 5) is 19.8. The Kier molecular flexibility index (Phi) is 17.5. The molecule has 16 heteroatoms. The van der Waals surface area contributed by atoms with Gasteiger partial charge in [0, 0.05) is 33.3 Å². The molecule has 3 N–H and O–H groups in total. The van der Waals surface area contributed by atoms with E-state index in [2.05, 4.69) is 29.4 Å². The quantitative estimate of drug-likeness (QED) is 0.0841. The fourth-order valence-electron chi connectivity index (χ4n) is 5.66. The van der Waals surface area contributed by atoms with Gasteiger partial charge in [-0.1, -0.05) is 23.7 Å². The Hall–Kier alpha value is -3.77. The first-order valence-corrected chi connectivity index (χ1v) is 19.6. The summed E-state index contributed by atoms with van der Waals surface area (Å²) in [7, 11) is 0. The number of aromatic nitrogens is 3. The van der Waals surface area contributed by atoms with Crippen LogP contribution < -0.4 is 15.8 Å².